The first kappa shape index (κ1) is 30.7. The van der Waals surface area contributed by atoms with Gasteiger partial charge in [-0.3, -0.25) is 20.3 Å². The molecule has 4 heterocycles. The van der Waals surface area contributed by atoms with E-state index in [-0.39, 0.29) is 33.8 Å². The van der Waals surface area contributed by atoms with Crippen molar-refractivity contribution in [2.45, 2.75) is 36.0 Å². The number of carboxylic acids is 2. The number of fused-ring (bicyclic) bond motifs is 1. The van der Waals surface area contributed by atoms with Gasteiger partial charge in [-0.25, -0.2) is 14.6 Å². The lowest BCUT2D eigenvalue weighted by atomic mass is 10.0. The van der Waals surface area contributed by atoms with Gasteiger partial charge in [0.1, 0.15) is 22.8 Å². The summed E-state index contributed by atoms with van der Waals surface area (Å²) < 4.78 is 1.28. The van der Waals surface area contributed by atoms with Gasteiger partial charge in [0.2, 0.25) is 17.2 Å². The Labute approximate surface area is 250 Å². The molecule has 0 bridgehead atoms. The Morgan fingerprint density at radius 3 is 2.62 bits per heavy atom. The van der Waals surface area contributed by atoms with Crippen LogP contribution in [0.1, 0.15) is 19.5 Å². The number of nitrogens with zero attached hydrogens (tertiary/aromatic N) is 5. The third-order valence-corrected chi connectivity index (χ3v) is 9.06. The van der Waals surface area contributed by atoms with E-state index in [0.717, 1.165) is 28.0 Å². The summed E-state index contributed by atoms with van der Waals surface area (Å²) in [6.45, 7) is 2.47. The Bertz CT molecular complexity index is 1530. The number of aliphatic carboxylic acids is 2. The van der Waals surface area contributed by atoms with Crippen LogP contribution in [0.25, 0.3) is 0 Å². The first-order chi connectivity index (χ1) is 19.7. The van der Waals surface area contributed by atoms with E-state index in [1.165, 1.54) is 35.7 Å². The van der Waals surface area contributed by atoms with Gasteiger partial charge in [0.25, 0.3) is 11.8 Å². The van der Waals surface area contributed by atoms with Crippen LogP contribution in [0, 0.1) is 0 Å². The topological polar surface area (TPSA) is 265 Å². The zero-order valence-electron chi connectivity index (χ0n) is 22.4. The van der Waals surface area contributed by atoms with Crippen molar-refractivity contribution < 1.29 is 38.9 Å². The molecule has 224 valence electrons. The van der Waals surface area contributed by atoms with E-state index in [4.69, 9.17) is 22.1 Å². The minimum Gasteiger partial charge on any atom is -0.478 e. The number of β-lactam (4-membered cyclic amide) rings is 1. The van der Waals surface area contributed by atoms with Gasteiger partial charge in [-0.1, -0.05) is 10.1 Å². The lowest BCUT2D eigenvalue weighted by Gasteiger charge is -2.49. The Kier molecular flexibility index (Phi) is 8.68. The molecule has 0 spiro atoms. The van der Waals surface area contributed by atoms with Crippen molar-refractivity contribution in [1.82, 2.24) is 20.2 Å². The van der Waals surface area contributed by atoms with Crippen LogP contribution in [0.2, 0.25) is 0 Å². The van der Waals surface area contributed by atoms with E-state index >= 15 is 0 Å². The number of hydrogen-bond acceptors (Lipinski definition) is 15. The van der Waals surface area contributed by atoms with Gasteiger partial charge in [-0.05, 0) is 31.2 Å². The van der Waals surface area contributed by atoms with Crippen LogP contribution < -0.4 is 32.6 Å². The fourth-order valence-corrected chi connectivity index (χ4v) is 6.73. The monoisotopic (exact) mass is 639 g/mol. The Morgan fingerprint density at radius 2 is 2.02 bits per heavy atom. The molecule has 10 N–H and O–H groups in total. The lowest BCUT2D eigenvalue weighted by molar-refractivity contribution is -0.667. The molecule has 2 aromatic rings. The number of carbonyl (C=O) groups is 4. The minimum atomic E-state index is -1.77. The summed E-state index contributed by atoms with van der Waals surface area (Å²) in [4.78, 5) is 64.5. The third-order valence-electron chi connectivity index (χ3n) is 6.00. The zero-order chi connectivity index (χ0) is 30.9. The van der Waals surface area contributed by atoms with E-state index in [2.05, 4.69) is 25.8 Å². The predicted molar refractivity (Wildman–Crippen MR) is 155 cm³/mol. The highest BCUT2D eigenvalue weighted by Gasteiger charge is 2.54. The Balaban J connectivity index is 1.53. The van der Waals surface area contributed by atoms with Crippen LogP contribution in [0.4, 0.5) is 16.8 Å². The van der Waals surface area contributed by atoms with Gasteiger partial charge >= 0.3 is 17.1 Å². The number of thiazole rings is 1. The summed E-state index contributed by atoms with van der Waals surface area (Å²) in [5.41, 5.74) is 9.61. The fraction of sp³-hybridized carbons (Fsp3) is 0.364. The number of nitrogens with two attached hydrogens (primary N) is 3. The van der Waals surface area contributed by atoms with Crippen molar-refractivity contribution in [1.29, 1.82) is 0 Å². The highest BCUT2D eigenvalue weighted by atomic mass is 32.2. The average molecular weight is 640 g/mol. The maximum Gasteiger partial charge on any atom is 0.352 e. The number of rotatable bonds is 11. The first-order valence-electron chi connectivity index (χ1n) is 11.9. The molecule has 2 amide bonds. The van der Waals surface area contributed by atoms with E-state index in [0.29, 0.717) is 16.5 Å². The van der Waals surface area contributed by atoms with Crippen molar-refractivity contribution in [2.75, 3.05) is 41.2 Å². The molecule has 1 unspecified atom stereocenters. The summed E-state index contributed by atoms with van der Waals surface area (Å²) in [6.07, 6.45) is 0. The standard InChI is InChI=1S/C22H26N10O7S3/c1-22(2,19(37)38)39-30-12(9-7-41-20(24)27-9)15(33)29-13-16(34)31-14(18(35)36)8(5-40-17(13)31)6-42-21-28-10(23)4-11(26-3)32(21)25/h4,7,13,17H,5-6,25H2,1-3H3,(H7,23,24,26,27,29,33,35,36,37,38)/p+1/b30-12-/t13?,17-/m1/s1. The number of oxime groups is 1. The maximum atomic E-state index is 13.2. The van der Waals surface area contributed by atoms with Gasteiger partial charge in [0.05, 0.1) is 6.07 Å². The van der Waals surface area contributed by atoms with E-state index < -0.39 is 46.5 Å². The molecule has 17 nitrogen and oxygen atoms in total. The second-order valence-electron chi connectivity index (χ2n) is 9.29. The number of carbonyl (C=O) groups excluding carboxylic acids is 2. The number of amides is 2. The van der Waals surface area contributed by atoms with Gasteiger partial charge in [-0.2, -0.15) is 0 Å². The number of anilines is 3. The molecule has 0 saturated carbocycles. The summed E-state index contributed by atoms with van der Waals surface area (Å²) >= 11 is 3.42. The molecule has 0 aromatic carbocycles. The maximum absolute atomic E-state index is 13.2. The second kappa shape index (κ2) is 11.9. The Hall–Kier alpha value is -4.30. The van der Waals surface area contributed by atoms with Gasteiger partial charge in [0, 0.05) is 23.9 Å². The summed E-state index contributed by atoms with van der Waals surface area (Å²) in [7, 11) is 1.66. The normalized spacial score (nSPS) is 18.7. The smallest absolute Gasteiger partial charge is 0.352 e. The minimum absolute atomic E-state index is 0.00952. The largest absolute Gasteiger partial charge is 0.478 e. The van der Waals surface area contributed by atoms with Crippen molar-refractivity contribution in [3.8, 4) is 0 Å². The Morgan fingerprint density at radius 1 is 1.31 bits per heavy atom. The molecular weight excluding hydrogens is 613 g/mol. The quantitative estimate of drug-likeness (QED) is 0.0291. The van der Waals surface area contributed by atoms with Crippen molar-refractivity contribution >= 4 is 81.1 Å². The summed E-state index contributed by atoms with van der Waals surface area (Å²) in [6, 6.07) is 0.443. The molecular formula is C22H27N10O7S3+. The van der Waals surface area contributed by atoms with Crippen LogP contribution in [0.5, 0.6) is 0 Å². The molecule has 0 aliphatic carbocycles. The van der Waals surface area contributed by atoms with Crippen molar-refractivity contribution in [2.24, 2.45) is 5.16 Å². The molecule has 2 aromatic heterocycles. The third kappa shape index (κ3) is 5.99. The van der Waals surface area contributed by atoms with Gasteiger partial charge in [0.15, 0.2) is 10.8 Å². The zero-order valence-corrected chi connectivity index (χ0v) is 24.8. The molecule has 20 heteroatoms. The van der Waals surface area contributed by atoms with Crippen LogP contribution in [0.15, 0.2) is 33.0 Å². The first-order valence-corrected chi connectivity index (χ1v) is 14.9. The number of nitrogen functional groups attached to an aromatic ring is 3. The summed E-state index contributed by atoms with van der Waals surface area (Å²) in [5.74, 6) is 2.98. The van der Waals surface area contributed by atoms with E-state index in [1.54, 1.807) is 13.1 Å². The molecule has 42 heavy (non-hydrogen) atoms. The van der Waals surface area contributed by atoms with Crippen LogP contribution in [-0.2, 0) is 24.0 Å². The molecule has 2 atom stereocenters. The highest BCUT2D eigenvalue weighted by Crippen LogP contribution is 2.41. The van der Waals surface area contributed by atoms with Crippen molar-refractivity contribution in [3.63, 3.8) is 0 Å². The summed E-state index contributed by atoms with van der Waals surface area (Å²) in [5, 5.41) is 29.6. The molecule has 1 saturated heterocycles. The lowest BCUT2D eigenvalue weighted by Crippen LogP contribution is -2.71. The molecule has 1 fully saturated rings. The number of carboxylic acid groups (broad SMARTS) is 2. The molecule has 4 rings (SSSR count). The van der Waals surface area contributed by atoms with E-state index in [9.17, 15) is 29.4 Å². The van der Waals surface area contributed by atoms with Crippen LogP contribution in [-0.4, -0.2) is 90.1 Å². The SMILES string of the molecule is CNc1cc(N)nc(SCC2=C(C(=O)O)N3C(=O)C(NC(=O)/C(=N\OC(C)(C)C(=O)O)c4csc(N)n4)[C@H]3SC2)[n+]1N. The predicted octanol–water partition coefficient (Wildman–Crippen LogP) is -1.14. The fourth-order valence-electron chi connectivity index (χ4n) is 3.76. The number of thioether (sulfide) groups is 2. The number of nitrogens with one attached hydrogen (secondary N) is 2. The number of aromatic nitrogens is 3. The molecule has 0 radical (unpaired) electrons. The van der Waals surface area contributed by atoms with Crippen LogP contribution >= 0.6 is 34.9 Å². The highest BCUT2D eigenvalue weighted by molar-refractivity contribution is 8.01. The molecule has 2 aliphatic rings. The van der Waals surface area contributed by atoms with Gasteiger partial charge < -0.3 is 37.2 Å². The average Bonchev–Trinajstić information content (AvgIpc) is 3.36. The van der Waals surface area contributed by atoms with Gasteiger partial charge in [-0.15, -0.1) is 27.8 Å². The van der Waals surface area contributed by atoms with Crippen molar-refractivity contribution in [3.05, 3.63) is 28.4 Å². The second-order valence-corrected chi connectivity index (χ2v) is 12.2. The molecule has 2 aliphatic heterocycles. The van der Waals surface area contributed by atoms with E-state index in [1.807, 2.05) is 0 Å². The number of hydrogen-bond donors (Lipinski definition) is 7. The van der Waals surface area contributed by atoms with Crippen LogP contribution in [0.3, 0.4) is 0 Å².